The zero-order valence-corrected chi connectivity index (χ0v) is 25.3. The Hall–Kier alpha value is -6.31. The third kappa shape index (κ3) is 3.69. The summed E-state index contributed by atoms with van der Waals surface area (Å²) < 4.78 is 8.96. The van der Waals surface area contributed by atoms with Crippen LogP contribution in [-0.2, 0) is 0 Å². The molecule has 0 fully saturated rings. The summed E-state index contributed by atoms with van der Waals surface area (Å²) in [5.74, 6) is 1.11. The Morgan fingerprint density at radius 2 is 1.34 bits per heavy atom. The first-order chi connectivity index (χ1) is 23.3. The average Bonchev–Trinajstić information content (AvgIpc) is 3.79. The van der Waals surface area contributed by atoms with Crippen LogP contribution in [0.2, 0.25) is 0 Å². The van der Waals surface area contributed by atoms with Crippen molar-refractivity contribution in [3.05, 3.63) is 168 Å². The van der Waals surface area contributed by atoms with Crippen LogP contribution in [0.15, 0.2) is 150 Å². The number of fused-ring (bicyclic) bond motifs is 10. The van der Waals surface area contributed by atoms with Gasteiger partial charge < -0.3 is 13.9 Å². The SMILES string of the molecule is N#Cc1ccc(-c2ccc3c(c2)C2C=Cc4c(oc5ccccc45)C2N3c2ccccc2)c(-n2c3ccccc3c3ccccc32)c1. The van der Waals surface area contributed by atoms with E-state index >= 15 is 0 Å². The van der Waals surface area contributed by atoms with E-state index in [9.17, 15) is 5.26 Å². The molecule has 4 heteroatoms. The maximum atomic E-state index is 9.99. The van der Waals surface area contributed by atoms with Gasteiger partial charge in [0.25, 0.3) is 0 Å². The molecule has 2 atom stereocenters. The molecule has 220 valence electrons. The summed E-state index contributed by atoms with van der Waals surface area (Å²) in [7, 11) is 0. The molecule has 0 bridgehead atoms. The van der Waals surface area contributed by atoms with Gasteiger partial charge in [-0.2, -0.15) is 5.26 Å². The molecule has 1 aliphatic heterocycles. The van der Waals surface area contributed by atoms with E-state index in [2.05, 4.69) is 149 Å². The molecule has 2 unspecified atom stereocenters. The molecule has 6 aromatic carbocycles. The summed E-state index contributed by atoms with van der Waals surface area (Å²) in [6.45, 7) is 0. The third-order valence-electron chi connectivity index (χ3n) is 9.96. The lowest BCUT2D eigenvalue weighted by Crippen LogP contribution is -2.23. The van der Waals surface area contributed by atoms with Gasteiger partial charge in [-0.3, -0.25) is 0 Å². The standard InChI is InChI=1S/C43H27N3O/c44-26-27-18-20-30(40(24-27)46-37-15-7-4-12-31(37)32-13-5-8-16-38(32)46)28-19-23-39-36(25-28)34-21-22-35-33-14-6-9-17-41(33)47-43(35)42(34)45(39)29-10-2-1-3-11-29/h1-25,34,42H. The van der Waals surface area contributed by atoms with Gasteiger partial charge in [0.05, 0.1) is 28.4 Å². The molecule has 4 nitrogen and oxygen atoms in total. The highest BCUT2D eigenvalue weighted by atomic mass is 16.3. The second kappa shape index (κ2) is 9.84. The van der Waals surface area contributed by atoms with E-state index in [0.717, 1.165) is 55.8 Å². The van der Waals surface area contributed by atoms with Gasteiger partial charge in [0, 0.05) is 44.6 Å². The number of nitriles is 1. The predicted octanol–water partition coefficient (Wildman–Crippen LogP) is 11.1. The Balaban J connectivity index is 1.20. The van der Waals surface area contributed by atoms with Crippen LogP contribution in [0.25, 0.3) is 55.7 Å². The first-order valence-corrected chi connectivity index (χ1v) is 16.0. The zero-order valence-electron chi connectivity index (χ0n) is 25.3. The van der Waals surface area contributed by atoms with Gasteiger partial charge in [0.1, 0.15) is 17.4 Å². The van der Waals surface area contributed by atoms with Gasteiger partial charge in [-0.25, -0.2) is 0 Å². The van der Waals surface area contributed by atoms with Gasteiger partial charge >= 0.3 is 0 Å². The third-order valence-corrected chi connectivity index (χ3v) is 9.96. The Morgan fingerprint density at radius 1 is 0.638 bits per heavy atom. The molecule has 0 N–H and O–H groups in total. The van der Waals surface area contributed by atoms with Crippen LogP contribution in [-0.4, -0.2) is 4.57 Å². The first kappa shape index (κ1) is 26.0. The second-order valence-corrected chi connectivity index (χ2v) is 12.4. The molecule has 8 aromatic rings. The van der Waals surface area contributed by atoms with E-state index in [0.29, 0.717) is 5.56 Å². The van der Waals surface area contributed by atoms with Gasteiger partial charge in [0.15, 0.2) is 0 Å². The number of rotatable bonds is 3. The van der Waals surface area contributed by atoms with E-state index in [1.165, 1.54) is 22.0 Å². The van der Waals surface area contributed by atoms with Gasteiger partial charge in [-0.05, 0) is 65.7 Å². The van der Waals surface area contributed by atoms with Crippen LogP contribution >= 0.6 is 0 Å². The molecule has 1 aliphatic carbocycles. The Bertz CT molecular complexity index is 2560. The molecule has 0 saturated heterocycles. The molecule has 0 amide bonds. The van der Waals surface area contributed by atoms with Crippen LogP contribution in [0.3, 0.4) is 0 Å². The lowest BCUT2D eigenvalue weighted by atomic mass is 9.85. The molecular formula is C43H27N3O. The topological polar surface area (TPSA) is 45.1 Å². The normalized spacial score (nSPS) is 16.4. The van der Waals surface area contributed by atoms with E-state index in [1.807, 2.05) is 18.2 Å². The highest BCUT2D eigenvalue weighted by molar-refractivity contribution is 6.09. The second-order valence-electron chi connectivity index (χ2n) is 12.4. The lowest BCUT2D eigenvalue weighted by molar-refractivity contribution is 0.478. The zero-order chi connectivity index (χ0) is 31.1. The number of anilines is 2. The number of furan rings is 1. The maximum Gasteiger partial charge on any atom is 0.136 e. The van der Waals surface area contributed by atoms with Crippen molar-refractivity contribution in [1.82, 2.24) is 4.57 Å². The van der Waals surface area contributed by atoms with E-state index in [-0.39, 0.29) is 12.0 Å². The summed E-state index contributed by atoms with van der Waals surface area (Å²) in [5.41, 5.74) is 11.7. The fraction of sp³-hybridized carbons (Fsp3) is 0.0465. The molecule has 3 heterocycles. The summed E-state index contributed by atoms with van der Waals surface area (Å²) in [6.07, 6.45) is 4.60. The minimum absolute atomic E-state index is 0.00665. The molecule has 0 radical (unpaired) electrons. The fourth-order valence-corrected chi connectivity index (χ4v) is 7.95. The molecule has 47 heavy (non-hydrogen) atoms. The number of nitrogens with zero attached hydrogens (tertiary/aromatic N) is 3. The van der Waals surface area contributed by atoms with E-state index in [4.69, 9.17) is 4.42 Å². The highest BCUT2D eigenvalue weighted by Gasteiger charge is 2.44. The molecular weight excluding hydrogens is 574 g/mol. The van der Waals surface area contributed by atoms with E-state index in [1.54, 1.807) is 0 Å². The van der Waals surface area contributed by atoms with Crippen molar-refractivity contribution in [3.63, 3.8) is 0 Å². The number of benzene rings is 6. The Morgan fingerprint density at radius 3 is 2.11 bits per heavy atom. The van der Waals surface area contributed by atoms with Crippen molar-refractivity contribution in [2.75, 3.05) is 4.90 Å². The quantitative estimate of drug-likeness (QED) is 0.202. The smallest absolute Gasteiger partial charge is 0.136 e. The Kier molecular flexibility index (Phi) is 5.44. The molecule has 2 aliphatic rings. The summed E-state index contributed by atoms with van der Waals surface area (Å²) in [4.78, 5) is 2.45. The maximum absolute atomic E-state index is 9.99. The van der Waals surface area contributed by atoms with Crippen LogP contribution in [0, 0.1) is 11.3 Å². The first-order valence-electron chi connectivity index (χ1n) is 16.0. The predicted molar refractivity (Wildman–Crippen MR) is 190 cm³/mol. The monoisotopic (exact) mass is 601 g/mol. The number of hydrogen-bond acceptors (Lipinski definition) is 3. The average molecular weight is 602 g/mol. The summed E-state index contributed by atoms with van der Waals surface area (Å²) in [5, 5.41) is 13.5. The number of hydrogen-bond donors (Lipinski definition) is 0. The van der Waals surface area contributed by atoms with Crippen LogP contribution < -0.4 is 4.90 Å². The van der Waals surface area contributed by atoms with Gasteiger partial charge in [-0.15, -0.1) is 0 Å². The number of para-hydroxylation sites is 4. The van der Waals surface area contributed by atoms with Crippen LogP contribution in [0.5, 0.6) is 0 Å². The summed E-state index contributed by atoms with van der Waals surface area (Å²) in [6, 6.07) is 51.3. The van der Waals surface area contributed by atoms with Crippen molar-refractivity contribution in [2.45, 2.75) is 12.0 Å². The van der Waals surface area contributed by atoms with Crippen molar-refractivity contribution in [1.29, 1.82) is 5.26 Å². The largest absolute Gasteiger partial charge is 0.458 e. The Labute approximate surface area is 271 Å². The van der Waals surface area contributed by atoms with Gasteiger partial charge in [-0.1, -0.05) is 97.1 Å². The minimum atomic E-state index is -0.00665. The van der Waals surface area contributed by atoms with Crippen LogP contribution in [0.4, 0.5) is 11.4 Å². The van der Waals surface area contributed by atoms with Crippen molar-refractivity contribution in [3.8, 4) is 22.9 Å². The lowest BCUT2D eigenvalue weighted by Gasteiger charge is -2.30. The molecule has 0 spiro atoms. The molecule has 2 aromatic heterocycles. The highest BCUT2D eigenvalue weighted by Crippen LogP contribution is 2.57. The molecule has 0 saturated carbocycles. The van der Waals surface area contributed by atoms with E-state index < -0.39 is 0 Å². The van der Waals surface area contributed by atoms with Gasteiger partial charge in [0.2, 0.25) is 0 Å². The van der Waals surface area contributed by atoms with Crippen molar-refractivity contribution >= 4 is 50.2 Å². The summed E-state index contributed by atoms with van der Waals surface area (Å²) >= 11 is 0. The fourth-order valence-electron chi connectivity index (χ4n) is 7.95. The minimum Gasteiger partial charge on any atom is -0.458 e. The molecule has 10 rings (SSSR count). The van der Waals surface area contributed by atoms with Crippen LogP contribution in [0.1, 0.15) is 34.4 Å². The van der Waals surface area contributed by atoms with Crippen molar-refractivity contribution in [2.24, 2.45) is 0 Å². The number of aromatic nitrogens is 1. The van der Waals surface area contributed by atoms with Crippen molar-refractivity contribution < 1.29 is 4.42 Å².